The summed E-state index contributed by atoms with van der Waals surface area (Å²) in [6.45, 7) is 5.90. The average molecular weight is 353 g/mol. The Morgan fingerprint density at radius 2 is 1.65 bits per heavy atom. The maximum Gasteiger partial charge on any atom is 0.184 e. The highest BCUT2D eigenvalue weighted by Gasteiger charge is 2.27. The normalized spacial score (nSPS) is 17.0. The molecule has 2 aliphatic heterocycles. The third kappa shape index (κ3) is 3.07. The van der Waals surface area contributed by atoms with E-state index < -0.39 is 0 Å². The number of fused-ring (bicyclic) bond motifs is 1. The van der Waals surface area contributed by atoms with E-state index in [0.717, 1.165) is 57.2 Å². The standard InChI is InChI=1S/C21H27N3O2/c1-25-19-14-16-15-22-9-8-18(16)20(21(19)26-2)24-12-10-23(11-13-24)17-6-4-3-5-7-17/h3-7,14,22H,8-13,15H2,1-2H3. The van der Waals surface area contributed by atoms with E-state index in [9.17, 15) is 0 Å². The van der Waals surface area contributed by atoms with Crippen LogP contribution in [0.5, 0.6) is 11.5 Å². The van der Waals surface area contributed by atoms with Crippen LogP contribution >= 0.6 is 0 Å². The molecule has 1 N–H and O–H groups in total. The molecule has 5 heteroatoms. The molecule has 1 fully saturated rings. The zero-order chi connectivity index (χ0) is 17.9. The first-order valence-electron chi connectivity index (χ1n) is 9.34. The van der Waals surface area contributed by atoms with Gasteiger partial charge in [-0.25, -0.2) is 0 Å². The second-order valence-corrected chi connectivity index (χ2v) is 6.83. The van der Waals surface area contributed by atoms with Crippen molar-refractivity contribution in [2.45, 2.75) is 13.0 Å². The molecule has 0 aliphatic carbocycles. The van der Waals surface area contributed by atoms with E-state index in [1.165, 1.54) is 22.5 Å². The summed E-state index contributed by atoms with van der Waals surface area (Å²) in [6.07, 6.45) is 1.03. The Balaban J connectivity index is 1.63. The number of hydrogen-bond acceptors (Lipinski definition) is 5. The van der Waals surface area contributed by atoms with Gasteiger partial charge in [0.25, 0.3) is 0 Å². The minimum atomic E-state index is 0.829. The van der Waals surface area contributed by atoms with E-state index in [4.69, 9.17) is 9.47 Å². The van der Waals surface area contributed by atoms with Crippen molar-refractivity contribution >= 4 is 11.4 Å². The highest BCUT2D eigenvalue weighted by atomic mass is 16.5. The summed E-state index contributed by atoms with van der Waals surface area (Å²) in [5, 5.41) is 3.47. The van der Waals surface area contributed by atoms with Gasteiger partial charge in [-0.1, -0.05) is 18.2 Å². The summed E-state index contributed by atoms with van der Waals surface area (Å²) in [5.41, 5.74) is 5.27. The molecule has 0 amide bonds. The number of nitrogens with zero attached hydrogens (tertiary/aromatic N) is 2. The first kappa shape index (κ1) is 17.0. The first-order valence-corrected chi connectivity index (χ1v) is 9.34. The van der Waals surface area contributed by atoms with E-state index in [0.29, 0.717) is 0 Å². The van der Waals surface area contributed by atoms with Gasteiger partial charge >= 0.3 is 0 Å². The monoisotopic (exact) mass is 353 g/mol. The predicted molar refractivity (Wildman–Crippen MR) is 106 cm³/mol. The second kappa shape index (κ2) is 7.46. The summed E-state index contributed by atoms with van der Waals surface area (Å²) in [7, 11) is 3.46. The number of rotatable bonds is 4. The fourth-order valence-corrected chi connectivity index (χ4v) is 4.10. The van der Waals surface area contributed by atoms with Gasteiger partial charge in [-0.15, -0.1) is 0 Å². The summed E-state index contributed by atoms with van der Waals surface area (Å²) in [4.78, 5) is 4.93. The van der Waals surface area contributed by atoms with Gasteiger partial charge in [-0.05, 0) is 42.3 Å². The van der Waals surface area contributed by atoms with Crippen molar-refractivity contribution in [3.8, 4) is 11.5 Å². The molecule has 4 rings (SSSR count). The Bertz CT molecular complexity index is 741. The molecule has 5 nitrogen and oxygen atoms in total. The van der Waals surface area contributed by atoms with Crippen LogP contribution < -0.4 is 24.6 Å². The van der Waals surface area contributed by atoms with E-state index in [-0.39, 0.29) is 0 Å². The van der Waals surface area contributed by atoms with Gasteiger partial charge < -0.3 is 24.6 Å². The fraction of sp³-hybridized carbons (Fsp3) is 0.429. The van der Waals surface area contributed by atoms with Crippen LogP contribution in [0.25, 0.3) is 0 Å². The van der Waals surface area contributed by atoms with Crippen molar-refractivity contribution in [3.05, 3.63) is 47.5 Å². The lowest BCUT2D eigenvalue weighted by Gasteiger charge is -2.39. The van der Waals surface area contributed by atoms with Crippen LogP contribution in [0.15, 0.2) is 36.4 Å². The number of anilines is 2. The number of hydrogen-bond donors (Lipinski definition) is 1. The molecular formula is C21H27N3O2. The minimum absolute atomic E-state index is 0.829. The van der Waals surface area contributed by atoms with Crippen LogP contribution in [0.3, 0.4) is 0 Å². The van der Waals surface area contributed by atoms with Gasteiger partial charge in [-0.2, -0.15) is 0 Å². The lowest BCUT2D eigenvalue weighted by Crippen LogP contribution is -2.47. The third-order valence-corrected chi connectivity index (χ3v) is 5.43. The van der Waals surface area contributed by atoms with Crippen molar-refractivity contribution < 1.29 is 9.47 Å². The molecule has 2 aliphatic rings. The van der Waals surface area contributed by atoms with Gasteiger partial charge in [0.05, 0.1) is 19.9 Å². The topological polar surface area (TPSA) is 37.0 Å². The van der Waals surface area contributed by atoms with Crippen LogP contribution in [0, 0.1) is 0 Å². The van der Waals surface area contributed by atoms with Crippen LogP contribution in [0.1, 0.15) is 11.1 Å². The quantitative estimate of drug-likeness (QED) is 0.915. The number of benzene rings is 2. The Morgan fingerprint density at radius 3 is 2.35 bits per heavy atom. The molecule has 2 aromatic carbocycles. The lowest BCUT2D eigenvalue weighted by atomic mass is 9.96. The number of methoxy groups -OCH3 is 2. The number of piperazine rings is 1. The van der Waals surface area contributed by atoms with Gasteiger partial charge in [0.1, 0.15) is 0 Å². The molecule has 0 bridgehead atoms. The maximum atomic E-state index is 5.80. The number of para-hydroxylation sites is 1. The Labute approximate surface area is 155 Å². The number of ether oxygens (including phenoxy) is 2. The molecule has 2 heterocycles. The Kier molecular flexibility index (Phi) is 4.89. The summed E-state index contributed by atoms with van der Waals surface area (Å²) < 4.78 is 11.4. The molecule has 0 unspecified atom stereocenters. The van der Waals surface area contributed by atoms with Crippen LogP contribution in [0.4, 0.5) is 11.4 Å². The van der Waals surface area contributed by atoms with Crippen molar-refractivity contribution in [3.63, 3.8) is 0 Å². The van der Waals surface area contributed by atoms with Crippen LogP contribution in [-0.4, -0.2) is 46.9 Å². The summed E-state index contributed by atoms with van der Waals surface area (Å²) in [5.74, 6) is 1.71. The Hall–Kier alpha value is -2.40. The van der Waals surface area contributed by atoms with Gasteiger partial charge in [0, 0.05) is 38.4 Å². The molecule has 0 aromatic heterocycles. The predicted octanol–water partition coefficient (Wildman–Crippen LogP) is 2.68. The van der Waals surface area contributed by atoms with E-state index in [1.807, 2.05) is 0 Å². The zero-order valence-corrected chi connectivity index (χ0v) is 15.6. The van der Waals surface area contributed by atoms with E-state index in [2.05, 4.69) is 51.5 Å². The summed E-state index contributed by atoms with van der Waals surface area (Å²) in [6, 6.07) is 12.8. The zero-order valence-electron chi connectivity index (χ0n) is 15.6. The first-order chi connectivity index (χ1) is 12.8. The van der Waals surface area contributed by atoms with Crippen LogP contribution in [0.2, 0.25) is 0 Å². The third-order valence-electron chi connectivity index (χ3n) is 5.43. The SMILES string of the molecule is COc1cc2c(c(N3CCN(c4ccccc4)CC3)c1OC)CCNC2. The highest BCUT2D eigenvalue weighted by Crippen LogP contribution is 2.44. The van der Waals surface area contributed by atoms with E-state index in [1.54, 1.807) is 14.2 Å². The number of nitrogens with one attached hydrogen (secondary N) is 1. The van der Waals surface area contributed by atoms with Crippen molar-refractivity contribution in [1.29, 1.82) is 0 Å². The van der Waals surface area contributed by atoms with Crippen molar-refractivity contribution in [2.75, 3.05) is 56.7 Å². The lowest BCUT2D eigenvalue weighted by molar-refractivity contribution is 0.353. The van der Waals surface area contributed by atoms with Crippen molar-refractivity contribution in [2.24, 2.45) is 0 Å². The maximum absolute atomic E-state index is 5.80. The molecular weight excluding hydrogens is 326 g/mol. The molecule has 0 atom stereocenters. The molecule has 138 valence electrons. The molecule has 1 saturated heterocycles. The Morgan fingerprint density at radius 1 is 0.923 bits per heavy atom. The highest BCUT2D eigenvalue weighted by molar-refractivity contribution is 5.72. The van der Waals surface area contributed by atoms with Crippen LogP contribution in [-0.2, 0) is 13.0 Å². The largest absolute Gasteiger partial charge is 0.493 e. The molecule has 0 spiro atoms. The smallest absolute Gasteiger partial charge is 0.184 e. The second-order valence-electron chi connectivity index (χ2n) is 6.83. The van der Waals surface area contributed by atoms with Gasteiger partial charge in [0.2, 0.25) is 0 Å². The fourth-order valence-electron chi connectivity index (χ4n) is 4.10. The summed E-state index contributed by atoms with van der Waals surface area (Å²) >= 11 is 0. The molecule has 26 heavy (non-hydrogen) atoms. The van der Waals surface area contributed by atoms with Crippen molar-refractivity contribution in [1.82, 2.24) is 5.32 Å². The minimum Gasteiger partial charge on any atom is -0.493 e. The molecule has 2 aromatic rings. The van der Waals surface area contributed by atoms with E-state index >= 15 is 0 Å². The van der Waals surface area contributed by atoms with Gasteiger partial charge in [-0.3, -0.25) is 0 Å². The van der Waals surface area contributed by atoms with Gasteiger partial charge in [0.15, 0.2) is 11.5 Å². The molecule has 0 saturated carbocycles. The molecule has 0 radical (unpaired) electrons. The average Bonchev–Trinajstić information content (AvgIpc) is 2.73.